The van der Waals surface area contributed by atoms with Gasteiger partial charge in [0, 0.05) is 12.5 Å². The van der Waals surface area contributed by atoms with E-state index in [9.17, 15) is 0 Å². The largest absolute Gasteiger partial charge is 0.369 e. The summed E-state index contributed by atoms with van der Waals surface area (Å²) in [6, 6.07) is 0. The van der Waals surface area contributed by atoms with E-state index in [4.69, 9.17) is 9.97 Å². The van der Waals surface area contributed by atoms with Gasteiger partial charge in [0.2, 0.25) is 0 Å². The molecule has 1 fully saturated rings. The standard InChI is InChI=1S/C16H26IN3/c1-4-7-13-14(17)16(18-6-3)20-15(19-13)12-9-8-11(5-2)10-12/h11-12H,4-10H2,1-3H3,(H,18,19,20). The van der Waals surface area contributed by atoms with E-state index in [2.05, 4.69) is 48.7 Å². The number of hydrogen-bond acceptors (Lipinski definition) is 3. The van der Waals surface area contributed by atoms with Gasteiger partial charge in [-0.25, -0.2) is 9.97 Å². The van der Waals surface area contributed by atoms with E-state index in [-0.39, 0.29) is 0 Å². The summed E-state index contributed by atoms with van der Waals surface area (Å²) < 4.78 is 1.21. The molecule has 2 atom stereocenters. The van der Waals surface area contributed by atoms with Gasteiger partial charge in [-0.15, -0.1) is 0 Å². The zero-order chi connectivity index (χ0) is 14.5. The van der Waals surface area contributed by atoms with Crippen LogP contribution in [0.5, 0.6) is 0 Å². The highest BCUT2D eigenvalue weighted by Crippen LogP contribution is 2.39. The van der Waals surface area contributed by atoms with Crippen molar-refractivity contribution in [2.24, 2.45) is 5.92 Å². The Morgan fingerprint density at radius 2 is 2.00 bits per heavy atom. The Morgan fingerprint density at radius 3 is 2.60 bits per heavy atom. The molecule has 2 rings (SSSR count). The lowest BCUT2D eigenvalue weighted by Gasteiger charge is -2.15. The van der Waals surface area contributed by atoms with Crippen molar-refractivity contribution in [2.45, 2.75) is 65.2 Å². The number of anilines is 1. The van der Waals surface area contributed by atoms with Crippen molar-refractivity contribution in [3.05, 3.63) is 15.1 Å². The molecule has 1 saturated carbocycles. The van der Waals surface area contributed by atoms with Crippen LogP contribution in [0.2, 0.25) is 0 Å². The number of aryl methyl sites for hydroxylation is 1. The van der Waals surface area contributed by atoms with Gasteiger partial charge in [-0.1, -0.05) is 26.7 Å². The van der Waals surface area contributed by atoms with Crippen LogP contribution in [-0.2, 0) is 6.42 Å². The molecule has 1 aromatic heterocycles. The van der Waals surface area contributed by atoms with Gasteiger partial charge in [-0.2, -0.15) is 0 Å². The summed E-state index contributed by atoms with van der Waals surface area (Å²) in [5, 5.41) is 3.41. The van der Waals surface area contributed by atoms with Crippen LogP contribution in [0, 0.1) is 9.49 Å². The van der Waals surface area contributed by atoms with Crippen molar-refractivity contribution in [3.8, 4) is 0 Å². The Bertz CT molecular complexity index is 420. The predicted octanol–water partition coefficient (Wildman–Crippen LogP) is 4.76. The molecular weight excluding hydrogens is 361 g/mol. The van der Waals surface area contributed by atoms with Crippen LogP contribution in [0.3, 0.4) is 0 Å². The second-order valence-corrected chi connectivity index (χ2v) is 6.83. The van der Waals surface area contributed by atoms with E-state index in [1.807, 2.05) is 0 Å². The smallest absolute Gasteiger partial charge is 0.143 e. The minimum Gasteiger partial charge on any atom is -0.369 e. The normalized spacial score (nSPS) is 22.2. The van der Waals surface area contributed by atoms with E-state index in [0.717, 1.165) is 36.9 Å². The monoisotopic (exact) mass is 387 g/mol. The van der Waals surface area contributed by atoms with Crippen LogP contribution >= 0.6 is 22.6 Å². The maximum Gasteiger partial charge on any atom is 0.143 e. The van der Waals surface area contributed by atoms with Crippen LogP contribution in [0.1, 0.15) is 70.3 Å². The van der Waals surface area contributed by atoms with Gasteiger partial charge in [0.05, 0.1) is 9.26 Å². The predicted molar refractivity (Wildman–Crippen MR) is 93.3 cm³/mol. The molecule has 0 bridgehead atoms. The summed E-state index contributed by atoms with van der Waals surface area (Å²) in [5.41, 5.74) is 1.23. The fourth-order valence-electron chi connectivity index (χ4n) is 3.06. The summed E-state index contributed by atoms with van der Waals surface area (Å²) in [6.07, 6.45) is 7.36. The van der Waals surface area contributed by atoms with Crippen molar-refractivity contribution >= 4 is 28.4 Å². The van der Waals surface area contributed by atoms with Crippen LogP contribution < -0.4 is 5.32 Å². The Labute approximate surface area is 136 Å². The molecular formula is C16H26IN3. The van der Waals surface area contributed by atoms with E-state index in [1.54, 1.807) is 0 Å². The number of halogens is 1. The number of hydrogen-bond donors (Lipinski definition) is 1. The molecule has 0 saturated heterocycles. The summed E-state index contributed by atoms with van der Waals surface area (Å²) in [6.45, 7) is 7.56. The van der Waals surface area contributed by atoms with Crippen molar-refractivity contribution in [3.63, 3.8) is 0 Å². The highest BCUT2D eigenvalue weighted by atomic mass is 127. The van der Waals surface area contributed by atoms with Crippen LogP contribution in [0.15, 0.2) is 0 Å². The molecule has 1 aliphatic rings. The fraction of sp³-hybridized carbons (Fsp3) is 0.750. The quantitative estimate of drug-likeness (QED) is 0.716. The van der Waals surface area contributed by atoms with Gasteiger partial charge in [-0.3, -0.25) is 0 Å². The fourth-order valence-corrected chi connectivity index (χ4v) is 3.76. The molecule has 1 aliphatic carbocycles. The lowest BCUT2D eigenvalue weighted by Crippen LogP contribution is -2.12. The zero-order valence-corrected chi connectivity index (χ0v) is 15.0. The summed E-state index contributed by atoms with van der Waals surface area (Å²) in [5.74, 6) is 3.58. The third-order valence-electron chi connectivity index (χ3n) is 4.25. The Morgan fingerprint density at radius 1 is 1.20 bits per heavy atom. The van der Waals surface area contributed by atoms with Gasteiger partial charge in [0.1, 0.15) is 11.6 Å². The topological polar surface area (TPSA) is 37.8 Å². The van der Waals surface area contributed by atoms with Gasteiger partial charge in [0.15, 0.2) is 0 Å². The van der Waals surface area contributed by atoms with Crippen LogP contribution in [0.4, 0.5) is 5.82 Å². The first-order chi connectivity index (χ1) is 9.69. The molecule has 0 spiro atoms. The SMILES string of the molecule is CCCc1nc(C2CCC(CC)C2)nc(NCC)c1I. The molecule has 0 amide bonds. The van der Waals surface area contributed by atoms with E-state index < -0.39 is 0 Å². The second-order valence-electron chi connectivity index (χ2n) is 5.76. The lowest BCUT2D eigenvalue weighted by molar-refractivity contribution is 0.516. The number of rotatable bonds is 6. The second kappa shape index (κ2) is 7.57. The molecule has 1 aromatic rings. The minimum atomic E-state index is 0.574. The first-order valence-electron chi connectivity index (χ1n) is 7.99. The van der Waals surface area contributed by atoms with Crippen molar-refractivity contribution in [1.29, 1.82) is 0 Å². The summed E-state index contributed by atoms with van der Waals surface area (Å²) in [4.78, 5) is 9.72. The highest BCUT2D eigenvalue weighted by Gasteiger charge is 2.27. The molecule has 4 heteroatoms. The number of nitrogens with zero attached hydrogens (tertiary/aromatic N) is 2. The maximum atomic E-state index is 4.90. The molecule has 1 heterocycles. The van der Waals surface area contributed by atoms with Gasteiger partial charge in [0.25, 0.3) is 0 Å². The average molecular weight is 387 g/mol. The van der Waals surface area contributed by atoms with Crippen LogP contribution in [-0.4, -0.2) is 16.5 Å². The Balaban J connectivity index is 2.28. The Kier molecular flexibility index (Phi) is 6.05. The summed E-state index contributed by atoms with van der Waals surface area (Å²) >= 11 is 2.39. The molecule has 2 unspecified atom stereocenters. The molecule has 3 nitrogen and oxygen atoms in total. The zero-order valence-electron chi connectivity index (χ0n) is 12.9. The average Bonchev–Trinajstić information content (AvgIpc) is 2.92. The summed E-state index contributed by atoms with van der Waals surface area (Å²) in [7, 11) is 0. The van der Waals surface area contributed by atoms with E-state index in [0.29, 0.717) is 5.92 Å². The Hall–Kier alpha value is -0.390. The van der Waals surface area contributed by atoms with Gasteiger partial charge < -0.3 is 5.32 Å². The molecule has 20 heavy (non-hydrogen) atoms. The third-order valence-corrected chi connectivity index (χ3v) is 5.39. The third kappa shape index (κ3) is 3.62. The molecule has 112 valence electrons. The lowest BCUT2D eigenvalue weighted by atomic mass is 10.0. The highest BCUT2D eigenvalue weighted by molar-refractivity contribution is 14.1. The first-order valence-corrected chi connectivity index (χ1v) is 9.07. The van der Waals surface area contributed by atoms with Crippen molar-refractivity contribution in [1.82, 2.24) is 9.97 Å². The minimum absolute atomic E-state index is 0.574. The number of aromatic nitrogens is 2. The molecule has 0 aliphatic heterocycles. The van der Waals surface area contributed by atoms with Crippen LogP contribution in [0.25, 0.3) is 0 Å². The molecule has 0 radical (unpaired) electrons. The van der Waals surface area contributed by atoms with E-state index >= 15 is 0 Å². The molecule has 0 aromatic carbocycles. The molecule has 1 N–H and O–H groups in total. The van der Waals surface area contributed by atoms with E-state index in [1.165, 1.54) is 34.9 Å². The maximum absolute atomic E-state index is 4.90. The van der Waals surface area contributed by atoms with Gasteiger partial charge in [-0.05, 0) is 61.1 Å². The van der Waals surface area contributed by atoms with Crippen molar-refractivity contribution < 1.29 is 0 Å². The first kappa shape index (κ1) is 16.0. The van der Waals surface area contributed by atoms with Gasteiger partial charge >= 0.3 is 0 Å². The van der Waals surface area contributed by atoms with Crippen molar-refractivity contribution in [2.75, 3.05) is 11.9 Å². The number of nitrogens with one attached hydrogen (secondary N) is 1.